The van der Waals surface area contributed by atoms with Crippen LogP contribution < -0.4 is 15.8 Å². The predicted octanol–water partition coefficient (Wildman–Crippen LogP) is 2.00. The van der Waals surface area contributed by atoms with Crippen molar-refractivity contribution >= 4 is 18.3 Å². The summed E-state index contributed by atoms with van der Waals surface area (Å²) in [5, 5.41) is 2.96. The molecule has 0 radical (unpaired) electrons. The molecule has 0 saturated heterocycles. The first-order valence-electron chi connectivity index (χ1n) is 6.59. The lowest BCUT2D eigenvalue weighted by atomic mass is 9.84. The summed E-state index contributed by atoms with van der Waals surface area (Å²) >= 11 is 0. The monoisotopic (exact) mass is 298 g/mol. The Bertz CT molecular complexity index is 467. The molecule has 0 aliphatic heterocycles. The maximum atomic E-state index is 11.8. The van der Waals surface area contributed by atoms with Crippen LogP contribution >= 0.6 is 12.4 Å². The average molecular weight is 299 g/mol. The lowest BCUT2D eigenvalue weighted by Gasteiger charge is -2.26. The van der Waals surface area contributed by atoms with Gasteiger partial charge in [0.05, 0.1) is 12.6 Å². The van der Waals surface area contributed by atoms with Gasteiger partial charge in [-0.15, -0.1) is 12.4 Å². The van der Waals surface area contributed by atoms with Crippen molar-refractivity contribution < 1.29 is 9.53 Å². The number of nitrogens with one attached hydrogen (secondary N) is 1. The second-order valence-corrected chi connectivity index (χ2v) is 5.95. The smallest absolute Gasteiger partial charge is 0.240 e. The second-order valence-electron chi connectivity index (χ2n) is 5.95. The normalized spacial score (nSPS) is 16.0. The van der Waals surface area contributed by atoms with Crippen molar-refractivity contribution in [2.45, 2.75) is 37.6 Å². The van der Waals surface area contributed by atoms with E-state index >= 15 is 0 Å². The molecule has 1 aliphatic carbocycles. The van der Waals surface area contributed by atoms with Crippen LogP contribution in [0.15, 0.2) is 24.3 Å². The van der Waals surface area contributed by atoms with Crippen molar-refractivity contribution in [3.8, 4) is 5.75 Å². The number of halogens is 1. The van der Waals surface area contributed by atoms with Gasteiger partial charge in [0.1, 0.15) is 5.75 Å². The first-order chi connectivity index (χ1) is 8.87. The van der Waals surface area contributed by atoms with Crippen LogP contribution in [0, 0.1) is 0 Å². The van der Waals surface area contributed by atoms with Gasteiger partial charge in [-0.25, -0.2) is 0 Å². The number of nitrogens with two attached hydrogens (primary N) is 1. The van der Waals surface area contributed by atoms with Gasteiger partial charge in [-0.1, -0.05) is 26.0 Å². The Morgan fingerprint density at radius 3 is 2.35 bits per heavy atom. The van der Waals surface area contributed by atoms with Crippen LogP contribution in [0.1, 0.15) is 32.3 Å². The maximum absolute atomic E-state index is 11.8. The first-order valence-corrected chi connectivity index (χ1v) is 6.59. The molecular weight excluding hydrogens is 276 g/mol. The molecule has 1 aliphatic rings. The first kappa shape index (κ1) is 16.8. The number of amides is 1. The van der Waals surface area contributed by atoms with Gasteiger partial charge in [-0.05, 0) is 30.5 Å². The van der Waals surface area contributed by atoms with E-state index in [0.717, 1.165) is 24.2 Å². The summed E-state index contributed by atoms with van der Waals surface area (Å²) in [6.07, 6.45) is 1.59. The van der Waals surface area contributed by atoms with Gasteiger partial charge in [0.15, 0.2) is 0 Å². The van der Waals surface area contributed by atoms with Crippen LogP contribution in [0.5, 0.6) is 5.75 Å². The van der Waals surface area contributed by atoms with Crippen molar-refractivity contribution in [3.63, 3.8) is 0 Å². The molecule has 3 N–H and O–H groups in total. The highest BCUT2D eigenvalue weighted by Gasteiger charge is 2.46. The second kappa shape index (κ2) is 6.02. The average Bonchev–Trinajstić information content (AvgIpc) is 3.15. The van der Waals surface area contributed by atoms with Gasteiger partial charge in [-0.3, -0.25) is 4.79 Å². The van der Waals surface area contributed by atoms with E-state index in [1.165, 1.54) is 0 Å². The summed E-state index contributed by atoms with van der Waals surface area (Å²) in [5.74, 6) is 0.802. The third-order valence-electron chi connectivity index (χ3n) is 3.80. The zero-order valence-electron chi connectivity index (χ0n) is 12.2. The molecule has 0 spiro atoms. The third kappa shape index (κ3) is 3.64. The van der Waals surface area contributed by atoms with Crippen LogP contribution in [0.4, 0.5) is 0 Å². The summed E-state index contributed by atoms with van der Waals surface area (Å²) in [7, 11) is 1.65. The van der Waals surface area contributed by atoms with E-state index in [1.807, 2.05) is 24.3 Å². The van der Waals surface area contributed by atoms with Crippen LogP contribution in [-0.2, 0) is 10.2 Å². The molecule has 0 atom stereocenters. The third-order valence-corrected chi connectivity index (χ3v) is 3.80. The standard InChI is InChI=1S/C15H22N2O2.ClH/c1-14(2,10-17-13(18)15(16)8-9-15)11-4-6-12(19-3)7-5-11;/h4-7H,8-10,16H2,1-3H3,(H,17,18);1H. The van der Waals surface area contributed by atoms with Gasteiger partial charge in [-0.2, -0.15) is 0 Å². The zero-order valence-corrected chi connectivity index (χ0v) is 13.0. The number of hydrogen-bond donors (Lipinski definition) is 2. The van der Waals surface area contributed by atoms with Crippen molar-refractivity contribution in [1.82, 2.24) is 5.32 Å². The van der Waals surface area contributed by atoms with E-state index < -0.39 is 5.54 Å². The van der Waals surface area contributed by atoms with E-state index in [0.29, 0.717) is 6.54 Å². The fourth-order valence-electron chi connectivity index (χ4n) is 1.98. The highest BCUT2D eigenvalue weighted by Crippen LogP contribution is 2.32. The van der Waals surface area contributed by atoms with Crippen LogP contribution in [-0.4, -0.2) is 25.1 Å². The molecule has 112 valence electrons. The molecule has 4 nitrogen and oxygen atoms in total. The number of carbonyl (C=O) groups excluding carboxylic acids is 1. The quantitative estimate of drug-likeness (QED) is 0.874. The Balaban J connectivity index is 0.00000200. The lowest BCUT2D eigenvalue weighted by Crippen LogP contribution is -2.46. The summed E-state index contributed by atoms with van der Waals surface area (Å²) in [6, 6.07) is 7.93. The topological polar surface area (TPSA) is 64.3 Å². The van der Waals surface area contributed by atoms with Crippen molar-refractivity contribution in [1.29, 1.82) is 0 Å². The minimum atomic E-state index is -0.601. The summed E-state index contributed by atoms with van der Waals surface area (Å²) < 4.78 is 5.15. The zero-order chi connectivity index (χ0) is 14.1. The lowest BCUT2D eigenvalue weighted by molar-refractivity contribution is -0.123. The van der Waals surface area contributed by atoms with Gasteiger partial charge in [0.2, 0.25) is 5.91 Å². The summed E-state index contributed by atoms with van der Waals surface area (Å²) in [4.78, 5) is 11.8. The molecule has 0 bridgehead atoms. The number of benzene rings is 1. The van der Waals surface area contributed by atoms with Crippen molar-refractivity contribution in [3.05, 3.63) is 29.8 Å². The van der Waals surface area contributed by atoms with Crippen LogP contribution in [0.2, 0.25) is 0 Å². The van der Waals surface area contributed by atoms with E-state index in [2.05, 4.69) is 19.2 Å². The van der Waals surface area contributed by atoms with E-state index in [9.17, 15) is 4.79 Å². The fraction of sp³-hybridized carbons (Fsp3) is 0.533. The molecule has 20 heavy (non-hydrogen) atoms. The molecule has 2 rings (SSSR count). The molecule has 0 aromatic heterocycles. The number of hydrogen-bond acceptors (Lipinski definition) is 3. The molecule has 1 aromatic carbocycles. The van der Waals surface area contributed by atoms with Crippen molar-refractivity contribution in [2.24, 2.45) is 5.73 Å². The van der Waals surface area contributed by atoms with E-state index in [4.69, 9.17) is 10.5 Å². The fourth-order valence-corrected chi connectivity index (χ4v) is 1.98. The van der Waals surface area contributed by atoms with Crippen molar-refractivity contribution in [2.75, 3.05) is 13.7 Å². The Hall–Kier alpha value is -1.26. The molecule has 1 fully saturated rings. The molecule has 1 aromatic rings. The van der Waals surface area contributed by atoms with Crippen LogP contribution in [0.3, 0.4) is 0 Å². The minimum absolute atomic E-state index is 0. The summed E-state index contributed by atoms with van der Waals surface area (Å²) in [5.41, 5.74) is 6.30. The Labute approximate surface area is 126 Å². The van der Waals surface area contributed by atoms with E-state index in [1.54, 1.807) is 7.11 Å². The number of carbonyl (C=O) groups is 1. The summed E-state index contributed by atoms with van der Waals surface area (Å²) in [6.45, 7) is 4.79. The molecule has 1 saturated carbocycles. The largest absolute Gasteiger partial charge is 0.497 e. The maximum Gasteiger partial charge on any atom is 0.240 e. The SMILES string of the molecule is COc1ccc(C(C)(C)CNC(=O)C2(N)CC2)cc1.Cl. The highest BCUT2D eigenvalue weighted by atomic mass is 35.5. The number of rotatable bonds is 5. The Morgan fingerprint density at radius 1 is 1.35 bits per heavy atom. The molecule has 5 heteroatoms. The van der Waals surface area contributed by atoms with Gasteiger partial charge < -0.3 is 15.8 Å². The molecule has 0 unspecified atom stereocenters. The predicted molar refractivity (Wildman–Crippen MR) is 82.4 cm³/mol. The van der Waals surface area contributed by atoms with Gasteiger partial charge in [0, 0.05) is 12.0 Å². The van der Waals surface area contributed by atoms with Gasteiger partial charge >= 0.3 is 0 Å². The molecule has 1 amide bonds. The van der Waals surface area contributed by atoms with E-state index in [-0.39, 0.29) is 23.7 Å². The number of ether oxygens (including phenoxy) is 1. The highest BCUT2D eigenvalue weighted by molar-refractivity contribution is 5.89. The molecular formula is C15H23ClN2O2. The van der Waals surface area contributed by atoms with Crippen LogP contribution in [0.25, 0.3) is 0 Å². The van der Waals surface area contributed by atoms with Gasteiger partial charge in [0.25, 0.3) is 0 Å². The Morgan fingerprint density at radius 2 is 1.90 bits per heavy atom. The Kier molecular flexibility index (Phi) is 5.05. The molecule has 0 heterocycles. The minimum Gasteiger partial charge on any atom is -0.497 e. The number of methoxy groups -OCH3 is 1.